The second kappa shape index (κ2) is 16.4. The molecule has 0 saturated carbocycles. The van der Waals surface area contributed by atoms with Crippen molar-refractivity contribution in [1.29, 1.82) is 0 Å². The van der Waals surface area contributed by atoms with E-state index in [0.29, 0.717) is 24.4 Å². The number of hydrogen-bond acceptors (Lipinski definition) is 6. The maximum absolute atomic E-state index is 14.5. The predicted molar refractivity (Wildman–Crippen MR) is 217 cm³/mol. The van der Waals surface area contributed by atoms with E-state index in [1.165, 1.54) is 12.1 Å². The Morgan fingerprint density at radius 2 is 1.42 bits per heavy atom. The normalized spacial score (nSPS) is 13.7. The molecule has 6 aromatic rings. The molecule has 1 heterocycles. The number of nitrogens with two attached hydrogens (primary N) is 1. The lowest BCUT2D eigenvalue weighted by molar-refractivity contribution is 0.0732. The smallest absolute Gasteiger partial charge is 0.339 e. The number of halogens is 2. The number of para-hydroxylation sites is 2. The first kappa shape index (κ1) is 38.4. The van der Waals surface area contributed by atoms with E-state index < -0.39 is 25.1 Å². The molecule has 0 spiro atoms. The summed E-state index contributed by atoms with van der Waals surface area (Å²) in [5, 5.41) is 5.82. The van der Waals surface area contributed by atoms with Gasteiger partial charge in [-0.25, -0.2) is 4.98 Å². The van der Waals surface area contributed by atoms with Gasteiger partial charge in [0.15, 0.2) is 0 Å². The molecule has 0 aliphatic carbocycles. The van der Waals surface area contributed by atoms with Crippen molar-refractivity contribution in [1.82, 2.24) is 4.98 Å². The topological polar surface area (TPSA) is 101 Å². The Morgan fingerprint density at radius 3 is 2.02 bits per heavy atom. The van der Waals surface area contributed by atoms with Gasteiger partial charge in [0.1, 0.15) is 0 Å². The van der Waals surface area contributed by atoms with Gasteiger partial charge in [0, 0.05) is 18.1 Å². The number of nitrogens with one attached hydrogen (secondary N) is 1. The second-order valence-corrected chi connectivity index (χ2v) is 15.7. The van der Waals surface area contributed by atoms with Gasteiger partial charge in [-0.1, -0.05) is 111 Å². The van der Waals surface area contributed by atoms with E-state index in [1.54, 1.807) is 19.2 Å². The number of pyridine rings is 1. The van der Waals surface area contributed by atoms with Gasteiger partial charge in [-0.15, -0.1) is 9.24 Å². The Kier molecular flexibility index (Phi) is 11.9. The van der Waals surface area contributed by atoms with Crippen LogP contribution < -0.4 is 16.4 Å². The van der Waals surface area contributed by atoms with Crippen LogP contribution in [0.5, 0.6) is 0 Å². The van der Waals surface area contributed by atoms with E-state index in [2.05, 4.69) is 89.1 Å². The molecule has 274 valence electrons. The zero-order valence-corrected chi connectivity index (χ0v) is 32.1. The van der Waals surface area contributed by atoms with Gasteiger partial charge in [-0.2, -0.15) is 8.78 Å². The van der Waals surface area contributed by atoms with Crippen LogP contribution in [0.15, 0.2) is 127 Å². The standard InChI is InChI=1S/C43H45F2N3O3P2/c1-28(2)23-39(51-3)38-22-19-32-24-33(25-40(52)41(32)47-38)31-17-13-29(14-18-31)26-42(34-9-5-4-6-10-34,48-37-12-8-7-11-36(37)46)27-30-15-20-35(21-16-30)43(44,45)53(49)50/h4-22,24-25,28,39,48-50H,23,26-27,46,52H2,1-3H3. The molecule has 1 aromatic heterocycles. The van der Waals surface area contributed by atoms with E-state index >= 15 is 0 Å². The van der Waals surface area contributed by atoms with Crippen molar-refractivity contribution in [3.63, 3.8) is 0 Å². The first-order valence-electron chi connectivity index (χ1n) is 17.5. The SMILES string of the molecule is COC(CC(C)C)c1ccc2cc(-c3ccc(CC(Cc4ccc(C(F)(F)P(O)O)cc4)(Nc4ccccc4N)c4ccccc4)cc3)cc(P)c2n1. The van der Waals surface area contributed by atoms with Gasteiger partial charge < -0.3 is 25.6 Å². The van der Waals surface area contributed by atoms with Crippen molar-refractivity contribution in [3.05, 3.63) is 155 Å². The summed E-state index contributed by atoms with van der Waals surface area (Å²) in [6, 6.07) is 40.4. The summed E-state index contributed by atoms with van der Waals surface area (Å²) < 4.78 is 34.7. The summed E-state index contributed by atoms with van der Waals surface area (Å²) in [5.74, 6) is 0.486. The highest BCUT2D eigenvalue weighted by Gasteiger charge is 2.41. The zero-order chi connectivity index (χ0) is 37.8. The average molecular weight is 752 g/mol. The van der Waals surface area contributed by atoms with Crippen molar-refractivity contribution >= 4 is 45.2 Å². The number of benzene rings is 5. The monoisotopic (exact) mass is 751 g/mol. The lowest BCUT2D eigenvalue weighted by atomic mass is 9.78. The highest BCUT2D eigenvalue weighted by atomic mass is 31.2. The lowest BCUT2D eigenvalue weighted by Gasteiger charge is -2.38. The van der Waals surface area contributed by atoms with Crippen LogP contribution in [0.25, 0.3) is 22.0 Å². The summed E-state index contributed by atoms with van der Waals surface area (Å²) in [7, 11) is 1.11. The van der Waals surface area contributed by atoms with Gasteiger partial charge in [0.2, 0.25) is 8.38 Å². The molecular formula is C43H45F2N3O3P2. The quantitative estimate of drug-likeness (QED) is 0.0654. The van der Waals surface area contributed by atoms with Crippen molar-refractivity contribution in [2.45, 2.75) is 50.4 Å². The Labute approximate surface area is 313 Å². The fourth-order valence-corrected chi connectivity index (χ4v) is 7.68. The number of aromatic nitrogens is 1. The number of fused-ring (bicyclic) bond motifs is 1. The first-order valence-corrected chi connectivity index (χ1v) is 19.4. The fourth-order valence-electron chi connectivity index (χ4n) is 6.89. The third-order valence-corrected chi connectivity index (χ3v) is 10.9. The van der Waals surface area contributed by atoms with Gasteiger partial charge in [0.25, 0.3) is 0 Å². The van der Waals surface area contributed by atoms with Crippen LogP contribution in [0.1, 0.15) is 54.3 Å². The molecule has 0 aliphatic rings. The molecule has 0 saturated heterocycles. The van der Waals surface area contributed by atoms with Crippen LogP contribution in [-0.4, -0.2) is 21.9 Å². The summed E-state index contributed by atoms with van der Waals surface area (Å²) in [5.41, 5.74) is 9.72. The van der Waals surface area contributed by atoms with E-state index in [4.69, 9.17) is 15.5 Å². The molecule has 5 aromatic carbocycles. The minimum absolute atomic E-state index is 0.0584. The minimum Gasteiger partial charge on any atom is -0.397 e. The van der Waals surface area contributed by atoms with Crippen LogP contribution in [-0.2, 0) is 28.8 Å². The van der Waals surface area contributed by atoms with E-state index in [-0.39, 0.29) is 6.10 Å². The molecule has 6 nitrogen and oxygen atoms in total. The van der Waals surface area contributed by atoms with Crippen molar-refractivity contribution < 1.29 is 23.3 Å². The number of nitrogens with zero attached hydrogens (tertiary/aromatic N) is 1. The third-order valence-electron chi connectivity index (χ3n) is 9.66. The van der Waals surface area contributed by atoms with Crippen LogP contribution in [0.4, 0.5) is 20.2 Å². The van der Waals surface area contributed by atoms with Gasteiger partial charge in [-0.05, 0) is 88.6 Å². The number of anilines is 2. The second-order valence-electron chi connectivity index (χ2n) is 14.0. The predicted octanol–water partition coefficient (Wildman–Crippen LogP) is 9.86. The molecule has 0 aliphatic heterocycles. The number of rotatable bonds is 14. The number of alkyl halides is 2. The summed E-state index contributed by atoms with van der Waals surface area (Å²) in [6.07, 6.45) is 1.80. The summed E-state index contributed by atoms with van der Waals surface area (Å²) in [6.45, 7) is 4.36. The number of methoxy groups -OCH3 is 1. The molecule has 0 amide bonds. The van der Waals surface area contributed by atoms with Gasteiger partial charge >= 0.3 is 5.66 Å². The maximum Gasteiger partial charge on any atom is 0.339 e. The number of ether oxygens (including phenoxy) is 1. The molecule has 3 atom stereocenters. The largest absolute Gasteiger partial charge is 0.397 e. The number of hydrogen-bond donors (Lipinski definition) is 4. The minimum atomic E-state index is -3.73. The van der Waals surface area contributed by atoms with Crippen molar-refractivity contribution in [2.24, 2.45) is 5.92 Å². The zero-order valence-electron chi connectivity index (χ0n) is 30.0. The molecule has 5 N–H and O–H groups in total. The first-order chi connectivity index (χ1) is 25.4. The Morgan fingerprint density at radius 1 is 0.792 bits per heavy atom. The maximum atomic E-state index is 14.5. The summed E-state index contributed by atoms with van der Waals surface area (Å²) >= 11 is 0. The Bertz CT molecular complexity index is 2150. The van der Waals surface area contributed by atoms with Crippen molar-refractivity contribution in [3.8, 4) is 11.1 Å². The van der Waals surface area contributed by atoms with Gasteiger partial charge in [0.05, 0.1) is 34.2 Å². The van der Waals surface area contributed by atoms with E-state index in [0.717, 1.165) is 61.8 Å². The highest BCUT2D eigenvalue weighted by molar-refractivity contribution is 7.46. The van der Waals surface area contributed by atoms with E-state index in [1.807, 2.05) is 42.5 Å². The molecule has 0 fully saturated rings. The molecule has 0 radical (unpaired) electrons. The van der Waals surface area contributed by atoms with Gasteiger partial charge in [-0.3, -0.25) is 0 Å². The Balaban J connectivity index is 1.36. The Hall–Kier alpha value is -4.29. The third kappa shape index (κ3) is 8.75. The average Bonchev–Trinajstić information content (AvgIpc) is 3.15. The molecular weight excluding hydrogens is 706 g/mol. The molecule has 6 rings (SSSR count). The molecule has 53 heavy (non-hydrogen) atoms. The van der Waals surface area contributed by atoms with Crippen LogP contribution in [0, 0.1) is 5.92 Å². The number of nitrogen functional groups attached to an aromatic ring is 1. The molecule has 3 unspecified atom stereocenters. The van der Waals surface area contributed by atoms with Crippen molar-refractivity contribution in [2.75, 3.05) is 18.2 Å². The molecule has 10 heteroatoms. The van der Waals surface area contributed by atoms with E-state index in [9.17, 15) is 18.6 Å². The van der Waals surface area contributed by atoms with Crippen LogP contribution >= 0.6 is 17.6 Å². The fraction of sp³-hybridized carbons (Fsp3) is 0.233. The summed E-state index contributed by atoms with van der Waals surface area (Å²) in [4.78, 5) is 23.7. The van der Waals surface area contributed by atoms with Crippen LogP contribution in [0.3, 0.4) is 0 Å². The lowest BCUT2D eigenvalue weighted by Crippen LogP contribution is -2.40. The molecule has 0 bridgehead atoms. The van der Waals surface area contributed by atoms with Crippen LogP contribution in [0.2, 0.25) is 0 Å². The highest BCUT2D eigenvalue weighted by Crippen LogP contribution is 2.52.